The van der Waals surface area contributed by atoms with Crippen molar-refractivity contribution in [2.45, 2.75) is 62.1 Å². The van der Waals surface area contributed by atoms with Crippen LogP contribution in [0.25, 0.3) is 10.8 Å². The van der Waals surface area contributed by atoms with Gasteiger partial charge in [0.15, 0.2) is 27.7 Å². The van der Waals surface area contributed by atoms with Crippen molar-refractivity contribution in [3.8, 4) is 0 Å². The van der Waals surface area contributed by atoms with E-state index in [9.17, 15) is 9.59 Å². The zero-order chi connectivity index (χ0) is 33.5. The van der Waals surface area contributed by atoms with E-state index in [4.69, 9.17) is 18.7 Å². The van der Waals surface area contributed by atoms with Gasteiger partial charge in [-0.2, -0.15) is 5.06 Å². The lowest BCUT2D eigenvalue weighted by Crippen LogP contribution is -2.69. The van der Waals surface area contributed by atoms with Crippen molar-refractivity contribution in [3.63, 3.8) is 0 Å². The largest absolute Gasteiger partial charge is 0.407 e. The highest BCUT2D eigenvalue weighted by atomic mass is 28.2. The molecule has 0 aliphatic carbocycles. The maximum absolute atomic E-state index is 13.4. The lowest BCUT2D eigenvalue weighted by molar-refractivity contribution is -0.289. The summed E-state index contributed by atoms with van der Waals surface area (Å²) in [6.45, 7) is 7.13. The summed E-state index contributed by atoms with van der Waals surface area (Å²) in [4.78, 5) is 34.4. The van der Waals surface area contributed by atoms with E-state index in [1.807, 2.05) is 55.6 Å². The first-order valence-corrected chi connectivity index (χ1v) is 17.6. The minimum Gasteiger partial charge on any atom is -0.407 e. The van der Waals surface area contributed by atoms with Crippen molar-refractivity contribution in [2.24, 2.45) is 0 Å². The van der Waals surface area contributed by atoms with Crippen LogP contribution in [0, 0.1) is 0 Å². The van der Waals surface area contributed by atoms with Crippen molar-refractivity contribution in [1.82, 2.24) is 14.6 Å². The predicted molar refractivity (Wildman–Crippen MR) is 187 cm³/mol. The first-order valence-electron chi connectivity index (χ1n) is 16.3. The zero-order valence-electron chi connectivity index (χ0n) is 27.7. The van der Waals surface area contributed by atoms with Crippen LogP contribution in [0.15, 0.2) is 125 Å². The number of hydrogen-bond acceptors (Lipinski definition) is 7. The Bertz CT molecular complexity index is 1970. The first-order chi connectivity index (χ1) is 23.1. The summed E-state index contributed by atoms with van der Waals surface area (Å²) in [5.74, 6) is 0. The molecule has 2 aliphatic rings. The summed E-state index contributed by atoms with van der Waals surface area (Å²) < 4.78 is 23.2. The molecule has 4 atom stereocenters. The third-order valence-electron chi connectivity index (χ3n) is 9.18. The van der Waals surface area contributed by atoms with Crippen molar-refractivity contribution in [1.29, 1.82) is 0 Å². The second kappa shape index (κ2) is 12.7. The van der Waals surface area contributed by atoms with Gasteiger partial charge in [0.2, 0.25) is 0 Å². The molecule has 1 aromatic heterocycles. The van der Waals surface area contributed by atoms with Gasteiger partial charge in [0.1, 0.15) is 11.7 Å². The highest BCUT2D eigenvalue weighted by Crippen LogP contribution is 2.57. The fourth-order valence-corrected chi connectivity index (χ4v) is 8.40. The quantitative estimate of drug-likeness (QED) is 0.221. The Morgan fingerprint density at radius 1 is 0.875 bits per heavy atom. The molecule has 2 bridgehead atoms. The Morgan fingerprint density at radius 3 is 2.17 bits per heavy atom. The molecule has 2 saturated heterocycles. The Hall–Kier alpha value is -4.16. The number of aromatic nitrogens is 2. The molecule has 248 valence electrons. The summed E-state index contributed by atoms with van der Waals surface area (Å²) in [6, 6.07) is 36.2. The van der Waals surface area contributed by atoms with E-state index in [-0.39, 0.29) is 18.2 Å². The number of hydroxylamine groups is 2. The molecule has 9 nitrogen and oxygen atoms in total. The summed E-state index contributed by atoms with van der Waals surface area (Å²) in [5, 5.41) is 3.96. The minimum atomic E-state index is -1.25. The lowest BCUT2D eigenvalue weighted by Gasteiger charge is -2.54. The molecule has 2 aliphatic heterocycles. The molecule has 2 fully saturated rings. The fraction of sp³-hybridized carbons (Fsp3) is 0.316. The Balaban J connectivity index is 1.45. The predicted octanol–water partition coefficient (Wildman–Crippen LogP) is 5.05. The van der Waals surface area contributed by atoms with E-state index in [2.05, 4.69) is 80.4 Å². The molecule has 0 spiro atoms. The third-order valence-corrected chi connectivity index (χ3v) is 10.6. The van der Waals surface area contributed by atoms with Crippen molar-refractivity contribution < 1.29 is 18.7 Å². The Kier molecular flexibility index (Phi) is 8.57. The molecule has 4 aromatic carbocycles. The molecule has 1 N–H and O–H groups in total. The van der Waals surface area contributed by atoms with Gasteiger partial charge in [0.25, 0.3) is 5.56 Å². The van der Waals surface area contributed by atoms with Gasteiger partial charge in [-0.25, -0.2) is 4.79 Å². The SMILES string of the molecule is CN1CC2(C(O[SiH2]C(C)(C)C)(c3ccccc3)c3ccccc3)OC(n3ccc(=O)[nH]c3=O)C(O1)C2OCc1ccc2ccccc2c1. The van der Waals surface area contributed by atoms with Crippen LogP contribution in [0.4, 0.5) is 0 Å². The van der Waals surface area contributed by atoms with E-state index >= 15 is 0 Å². The standard InChI is InChI=1S/C38H41N3O6Si/c1-36(2,3)48-47-38(29-15-7-5-8-16-29,30-17-9-6-10-18-30)37-25-40(4)46-32(34(45-37)41-22-21-31(42)39-35(41)43)33(37)44-24-26-19-20-27-13-11-12-14-28(27)23-26/h5-23,32-34H,24-25,48H2,1-4H3,(H,39,42,43). The minimum absolute atomic E-state index is 0.0722. The molecule has 7 rings (SSSR count). The van der Waals surface area contributed by atoms with Gasteiger partial charge in [-0.3, -0.25) is 19.2 Å². The molecule has 10 heteroatoms. The summed E-state index contributed by atoms with van der Waals surface area (Å²) >= 11 is 0. The second-order valence-electron chi connectivity index (χ2n) is 13.9. The van der Waals surface area contributed by atoms with Crippen LogP contribution in [-0.4, -0.2) is 55.8 Å². The van der Waals surface area contributed by atoms with Gasteiger partial charge in [-0.15, -0.1) is 0 Å². The fourth-order valence-electron chi connectivity index (χ4n) is 7.17. The van der Waals surface area contributed by atoms with Gasteiger partial charge < -0.3 is 13.9 Å². The van der Waals surface area contributed by atoms with Crippen molar-refractivity contribution in [2.75, 3.05) is 13.6 Å². The maximum Gasteiger partial charge on any atom is 0.330 e. The third kappa shape index (κ3) is 5.78. The van der Waals surface area contributed by atoms with E-state index in [0.29, 0.717) is 0 Å². The first kappa shape index (κ1) is 32.4. The van der Waals surface area contributed by atoms with Crippen LogP contribution >= 0.6 is 0 Å². The summed E-state index contributed by atoms with van der Waals surface area (Å²) in [7, 11) is 0.619. The number of nitrogens with zero attached hydrogens (tertiary/aromatic N) is 2. The van der Waals surface area contributed by atoms with Crippen LogP contribution in [0.2, 0.25) is 5.04 Å². The molecule has 3 heterocycles. The van der Waals surface area contributed by atoms with Crippen LogP contribution in [0.1, 0.15) is 43.7 Å². The van der Waals surface area contributed by atoms with Crippen LogP contribution in [-0.2, 0) is 30.9 Å². The number of fused-ring (bicyclic) bond motifs is 3. The molecule has 4 unspecified atom stereocenters. The van der Waals surface area contributed by atoms with Crippen LogP contribution in [0.5, 0.6) is 0 Å². The highest BCUT2D eigenvalue weighted by molar-refractivity contribution is 6.32. The van der Waals surface area contributed by atoms with Gasteiger partial charge in [0.05, 0.1) is 13.2 Å². The topological polar surface area (TPSA) is 95.0 Å². The molecule has 0 amide bonds. The summed E-state index contributed by atoms with van der Waals surface area (Å²) in [6.07, 6.45) is -0.952. The maximum atomic E-state index is 13.4. The van der Waals surface area contributed by atoms with E-state index < -0.39 is 50.7 Å². The number of likely N-dealkylation sites (N-methyl/N-ethyl adjacent to an activating group) is 1. The number of rotatable bonds is 9. The lowest BCUT2D eigenvalue weighted by atomic mass is 9.69. The number of hydrogen-bond donors (Lipinski definition) is 1. The van der Waals surface area contributed by atoms with E-state index in [1.54, 1.807) is 5.06 Å². The van der Waals surface area contributed by atoms with E-state index in [0.717, 1.165) is 27.5 Å². The molecule has 5 aromatic rings. The number of H-pyrrole nitrogens is 1. The van der Waals surface area contributed by atoms with Crippen LogP contribution in [0.3, 0.4) is 0 Å². The summed E-state index contributed by atoms with van der Waals surface area (Å²) in [5.41, 5.74) is -0.648. The highest BCUT2D eigenvalue weighted by Gasteiger charge is 2.72. The average Bonchev–Trinajstić information content (AvgIpc) is 3.27. The number of ether oxygens (including phenoxy) is 2. The van der Waals surface area contributed by atoms with E-state index in [1.165, 1.54) is 16.8 Å². The number of nitrogens with one attached hydrogen (secondary N) is 1. The molecule has 0 saturated carbocycles. The zero-order valence-corrected chi connectivity index (χ0v) is 29.1. The number of aromatic amines is 1. The van der Waals surface area contributed by atoms with Gasteiger partial charge in [-0.05, 0) is 38.6 Å². The van der Waals surface area contributed by atoms with Crippen molar-refractivity contribution >= 4 is 20.5 Å². The molecular weight excluding hydrogens is 623 g/mol. The average molecular weight is 664 g/mol. The van der Waals surface area contributed by atoms with Gasteiger partial charge in [0, 0.05) is 19.3 Å². The van der Waals surface area contributed by atoms with Crippen LogP contribution < -0.4 is 11.2 Å². The Labute approximate surface area is 281 Å². The molecule has 0 radical (unpaired) electrons. The molecular formula is C38H41N3O6Si. The number of benzene rings is 4. The van der Waals surface area contributed by atoms with Crippen molar-refractivity contribution in [3.05, 3.63) is 153 Å². The Morgan fingerprint density at radius 2 is 1.52 bits per heavy atom. The second-order valence-corrected chi connectivity index (χ2v) is 16.6. The molecule has 48 heavy (non-hydrogen) atoms. The normalized spacial score (nSPS) is 23.3. The van der Waals surface area contributed by atoms with Gasteiger partial charge in [-0.1, -0.05) is 118 Å². The van der Waals surface area contributed by atoms with Gasteiger partial charge >= 0.3 is 5.69 Å². The smallest absolute Gasteiger partial charge is 0.330 e. The monoisotopic (exact) mass is 663 g/mol.